The van der Waals surface area contributed by atoms with E-state index in [2.05, 4.69) is 26.2 Å². The Morgan fingerprint density at radius 2 is 2.00 bits per heavy atom. The van der Waals surface area contributed by atoms with Crippen LogP contribution < -0.4 is 11.1 Å². The number of aryl methyl sites for hydroxylation is 1. The summed E-state index contributed by atoms with van der Waals surface area (Å²) in [6, 6.07) is 12.7. The maximum atomic E-state index is 12.1. The minimum Gasteiger partial charge on any atom is -0.323 e. The number of rotatable bonds is 4. The molecule has 0 aliphatic carbocycles. The summed E-state index contributed by atoms with van der Waals surface area (Å²) in [6.07, 6.45) is 0.510. The van der Waals surface area contributed by atoms with E-state index in [1.54, 1.807) is 12.1 Å². The SMILES string of the molecule is Cc1nc(Br)ccc1NC(=O)C(N)Cc1ccccc1. The van der Waals surface area contributed by atoms with Crippen molar-refractivity contribution in [3.63, 3.8) is 0 Å². The largest absolute Gasteiger partial charge is 0.323 e. The van der Waals surface area contributed by atoms with Crippen LogP contribution in [0.1, 0.15) is 11.3 Å². The van der Waals surface area contributed by atoms with E-state index in [9.17, 15) is 4.79 Å². The number of carbonyl (C=O) groups is 1. The van der Waals surface area contributed by atoms with E-state index in [-0.39, 0.29) is 5.91 Å². The normalized spacial score (nSPS) is 11.9. The van der Waals surface area contributed by atoms with Gasteiger partial charge in [0.2, 0.25) is 5.91 Å². The number of hydrogen-bond donors (Lipinski definition) is 2. The number of benzene rings is 1. The van der Waals surface area contributed by atoms with E-state index in [1.807, 2.05) is 37.3 Å². The number of nitrogens with one attached hydrogen (secondary N) is 1. The van der Waals surface area contributed by atoms with Crippen LogP contribution in [0.5, 0.6) is 0 Å². The number of aromatic nitrogens is 1. The van der Waals surface area contributed by atoms with Crippen molar-refractivity contribution < 1.29 is 4.79 Å². The average Bonchev–Trinajstić information content (AvgIpc) is 2.43. The minimum absolute atomic E-state index is 0.207. The van der Waals surface area contributed by atoms with Crippen LogP contribution in [-0.4, -0.2) is 16.9 Å². The number of nitrogens with two attached hydrogens (primary N) is 1. The third-order valence-electron chi connectivity index (χ3n) is 2.94. The molecule has 1 aromatic carbocycles. The molecule has 104 valence electrons. The highest BCUT2D eigenvalue weighted by molar-refractivity contribution is 9.10. The van der Waals surface area contributed by atoms with Gasteiger partial charge in [-0.15, -0.1) is 0 Å². The lowest BCUT2D eigenvalue weighted by atomic mass is 10.1. The van der Waals surface area contributed by atoms with Gasteiger partial charge < -0.3 is 11.1 Å². The van der Waals surface area contributed by atoms with Crippen LogP contribution in [0.3, 0.4) is 0 Å². The van der Waals surface area contributed by atoms with Crippen molar-refractivity contribution in [1.29, 1.82) is 0 Å². The monoisotopic (exact) mass is 333 g/mol. The first-order valence-corrected chi connectivity index (χ1v) is 7.09. The molecular weight excluding hydrogens is 318 g/mol. The molecule has 5 heteroatoms. The smallest absolute Gasteiger partial charge is 0.241 e. The standard InChI is InChI=1S/C15H16BrN3O/c1-10-13(7-8-14(16)18-10)19-15(20)12(17)9-11-5-3-2-4-6-11/h2-8,12H,9,17H2,1H3,(H,19,20). The Balaban J connectivity index is 2.01. The van der Waals surface area contributed by atoms with Crippen LogP contribution in [0.2, 0.25) is 0 Å². The summed E-state index contributed by atoms with van der Waals surface area (Å²) in [5.41, 5.74) is 8.41. The van der Waals surface area contributed by atoms with Crippen molar-refractivity contribution in [3.8, 4) is 0 Å². The Morgan fingerprint density at radius 3 is 2.65 bits per heavy atom. The number of hydrogen-bond acceptors (Lipinski definition) is 3. The van der Waals surface area contributed by atoms with E-state index in [1.165, 1.54) is 0 Å². The van der Waals surface area contributed by atoms with Crippen LogP contribution >= 0.6 is 15.9 Å². The summed E-state index contributed by atoms with van der Waals surface area (Å²) >= 11 is 3.29. The first kappa shape index (κ1) is 14.7. The molecule has 1 unspecified atom stereocenters. The quantitative estimate of drug-likeness (QED) is 0.845. The number of amides is 1. The van der Waals surface area contributed by atoms with Gasteiger partial charge in [-0.2, -0.15) is 0 Å². The molecule has 1 aromatic heterocycles. The van der Waals surface area contributed by atoms with E-state index in [0.717, 1.165) is 15.9 Å². The average molecular weight is 334 g/mol. The predicted octanol–water partition coefficient (Wildman–Crippen LogP) is 2.66. The molecule has 0 radical (unpaired) electrons. The first-order chi connectivity index (χ1) is 9.56. The lowest BCUT2D eigenvalue weighted by molar-refractivity contribution is -0.117. The molecule has 4 nitrogen and oxygen atoms in total. The zero-order valence-electron chi connectivity index (χ0n) is 11.1. The second-order valence-electron chi connectivity index (χ2n) is 4.55. The molecule has 2 rings (SSSR count). The number of anilines is 1. The summed E-state index contributed by atoms with van der Waals surface area (Å²) in [5, 5.41) is 2.81. The summed E-state index contributed by atoms with van der Waals surface area (Å²) in [6.45, 7) is 1.84. The van der Waals surface area contributed by atoms with Crippen molar-refractivity contribution in [2.75, 3.05) is 5.32 Å². The Bertz CT molecular complexity index is 601. The fourth-order valence-corrected chi connectivity index (χ4v) is 2.25. The van der Waals surface area contributed by atoms with Gasteiger partial charge in [-0.05, 0) is 47.0 Å². The van der Waals surface area contributed by atoms with E-state index in [0.29, 0.717) is 12.1 Å². The maximum Gasteiger partial charge on any atom is 0.241 e. The van der Waals surface area contributed by atoms with Crippen LogP contribution in [0.15, 0.2) is 47.1 Å². The molecule has 0 fully saturated rings. The zero-order valence-corrected chi connectivity index (χ0v) is 12.7. The predicted molar refractivity (Wildman–Crippen MR) is 83.4 cm³/mol. The van der Waals surface area contributed by atoms with Crippen LogP contribution in [0.25, 0.3) is 0 Å². The summed E-state index contributed by atoms with van der Waals surface area (Å²) in [4.78, 5) is 16.3. The summed E-state index contributed by atoms with van der Waals surface area (Å²) in [7, 11) is 0. The molecule has 2 aromatic rings. The lowest BCUT2D eigenvalue weighted by Crippen LogP contribution is -2.37. The Kier molecular flexibility index (Phi) is 4.87. The molecule has 1 atom stereocenters. The van der Waals surface area contributed by atoms with Crippen LogP contribution in [0, 0.1) is 6.92 Å². The fourth-order valence-electron chi connectivity index (χ4n) is 1.85. The second kappa shape index (κ2) is 6.63. The maximum absolute atomic E-state index is 12.1. The number of halogens is 1. The Labute approximate surface area is 126 Å². The second-order valence-corrected chi connectivity index (χ2v) is 5.36. The molecule has 1 amide bonds. The first-order valence-electron chi connectivity index (χ1n) is 6.30. The number of pyridine rings is 1. The summed E-state index contributed by atoms with van der Waals surface area (Å²) < 4.78 is 0.738. The van der Waals surface area contributed by atoms with Crippen molar-refractivity contribution in [2.45, 2.75) is 19.4 Å². The number of carbonyl (C=O) groups excluding carboxylic acids is 1. The van der Waals surface area contributed by atoms with Gasteiger partial charge in [0, 0.05) is 0 Å². The Hall–Kier alpha value is -1.72. The van der Waals surface area contributed by atoms with Crippen molar-refractivity contribution >= 4 is 27.5 Å². The highest BCUT2D eigenvalue weighted by Crippen LogP contribution is 2.16. The topological polar surface area (TPSA) is 68.0 Å². The van der Waals surface area contributed by atoms with Crippen molar-refractivity contribution in [2.24, 2.45) is 5.73 Å². The molecular formula is C15H16BrN3O. The van der Waals surface area contributed by atoms with Crippen molar-refractivity contribution in [1.82, 2.24) is 4.98 Å². The Morgan fingerprint density at radius 1 is 1.30 bits per heavy atom. The highest BCUT2D eigenvalue weighted by atomic mass is 79.9. The van der Waals surface area contributed by atoms with Crippen molar-refractivity contribution in [3.05, 3.63) is 58.3 Å². The minimum atomic E-state index is -0.583. The van der Waals surface area contributed by atoms with Gasteiger partial charge in [0.15, 0.2) is 0 Å². The van der Waals surface area contributed by atoms with E-state index < -0.39 is 6.04 Å². The number of nitrogens with zero attached hydrogens (tertiary/aromatic N) is 1. The van der Waals surface area contributed by atoms with Gasteiger partial charge in [-0.3, -0.25) is 4.79 Å². The van der Waals surface area contributed by atoms with E-state index in [4.69, 9.17) is 5.73 Å². The summed E-state index contributed by atoms with van der Waals surface area (Å²) in [5.74, 6) is -0.207. The van der Waals surface area contributed by atoms with E-state index >= 15 is 0 Å². The van der Waals surface area contributed by atoms with Crippen LogP contribution in [0.4, 0.5) is 5.69 Å². The molecule has 0 saturated carbocycles. The molecule has 0 saturated heterocycles. The van der Waals surface area contributed by atoms with Gasteiger partial charge in [0.25, 0.3) is 0 Å². The highest BCUT2D eigenvalue weighted by Gasteiger charge is 2.15. The van der Waals surface area contributed by atoms with Gasteiger partial charge in [-0.25, -0.2) is 4.98 Å². The fraction of sp³-hybridized carbons (Fsp3) is 0.200. The molecule has 20 heavy (non-hydrogen) atoms. The molecule has 0 aliphatic heterocycles. The molecule has 0 bridgehead atoms. The van der Waals surface area contributed by atoms with Gasteiger partial charge in [0.1, 0.15) is 4.60 Å². The molecule has 0 aliphatic rings. The third kappa shape index (κ3) is 3.88. The molecule has 1 heterocycles. The zero-order chi connectivity index (χ0) is 14.5. The van der Waals surface area contributed by atoms with Crippen LogP contribution in [-0.2, 0) is 11.2 Å². The lowest BCUT2D eigenvalue weighted by Gasteiger charge is -2.13. The molecule has 3 N–H and O–H groups in total. The van der Waals surface area contributed by atoms with Gasteiger partial charge >= 0.3 is 0 Å². The van der Waals surface area contributed by atoms with Gasteiger partial charge in [-0.1, -0.05) is 30.3 Å². The third-order valence-corrected chi connectivity index (χ3v) is 3.39. The van der Waals surface area contributed by atoms with Gasteiger partial charge in [0.05, 0.1) is 17.4 Å². The molecule has 0 spiro atoms.